The van der Waals surface area contributed by atoms with Crippen molar-refractivity contribution >= 4 is 0 Å². The first kappa shape index (κ1) is 18.3. The molecule has 0 atom stereocenters. The van der Waals surface area contributed by atoms with Crippen molar-refractivity contribution < 1.29 is 22.6 Å². The molecular weight excluding hydrogens is 361 g/mol. The van der Waals surface area contributed by atoms with Crippen molar-refractivity contribution in [3.8, 4) is 29.1 Å². The van der Waals surface area contributed by atoms with Gasteiger partial charge in [0, 0.05) is 12.0 Å². The average molecular weight is 374 g/mol. The van der Waals surface area contributed by atoms with Crippen LogP contribution >= 0.6 is 0 Å². The number of aromatic nitrogens is 3. The Kier molecular flexibility index (Phi) is 5.26. The molecular formula is C18H13F3N4O2. The Morgan fingerprint density at radius 2 is 1.74 bits per heavy atom. The van der Waals surface area contributed by atoms with E-state index >= 15 is 0 Å². The number of halogens is 3. The molecule has 0 fully saturated rings. The summed E-state index contributed by atoms with van der Waals surface area (Å²) >= 11 is 0. The molecule has 0 N–H and O–H groups in total. The number of benzene rings is 2. The van der Waals surface area contributed by atoms with Crippen LogP contribution in [-0.4, -0.2) is 27.7 Å². The van der Waals surface area contributed by atoms with Crippen molar-refractivity contribution in [2.24, 2.45) is 0 Å². The van der Waals surface area contributed by atoms with E-state index in [0.717, 1.165) is 11.1 Å². The number of alkyl halides is 3. The number of rotatable bonds is 6. The van der Waals surface area contributed by atoms with Crippen molar-refractivity contribution in [1.82, 2.24) is 14.8 Å². The Morgan fingerprint density at radius 3 is 2.37 bits per heavy atom. The lowest BCUT2D eigenvalue weighted by atomic mass is 10.1. The molecule has 0 radical (unpaired) electrons. The zero-order valence-electron chi connectivity index (χ0n) is 13.8. The second-order valence-electron chi connectivity index (χ2n) is 5.44. The fraction of sp³-hybridized carbons (Fsp3) is 0.167. The van der Waals surface area contributed by atoms with Crippen molar-refractivity contribution in [1.29, 1.82) is 5.26 Å². The molecule has 6 nitrogen and oxygen atoms in total. The predicted octanol–water partition coefficient (Wildman–Crippen LogP) is 3.87. The first-order valence-corrected chi connectivity index (χ1v) is 7.83. The van der Waals surface area contributed by atoms with Gasteiger partial charge in [-0.3, -0.25) is 0 Å². The fourth-order valence-corrected chi connectivity index (χ4v) is 2.36. The van der Waals surface area contributed by atoms with E-state index in [0.29, 0.717) is 24.5 Å². The van der Waals surface area contributed by atoms with Crippen molar-refractivity contribution in [3.63, 3.8) is 0 Å². The molecule has 0 unspecified atom stereocenters. The molecule has 3 aromatic rings. The molecule has 3 rings (SSSR count). The van der Waals surface area contributed by atoms with E-state index in [1.54, 1.807) is 6.26 Å². The molecule has 0 spiro atoms. The van der Waals surface area contributed by atoms with Crippen LogP contribution in [0.3, 0.4) is 0 Å². The predicted molar refractivity (Wildman–Crippen MR) is 88.7 cm³/mol. The molecule has 138 valence electrons. The van der Waals surface area contributed by atoms with Crippen LogP contribution in [0.2, 0.25) is 0 Å². The van der Waals surface area contributed by atoms with Gasteiger partial charge in [0.15, 0.2) is 5.82 Å². The Bertz CT molecular complexity index is 929. The third kappa shape index (κ3) is 4.98. The first-order chi connectivity index (χ1) is 12.9. The maximum Gasteiger partial charge on any atom is 0.573 e. The molecule has 0 amide bonds. The van der Waals surface area contributed by atoms with Gasteiger partial charge in [-0.25, -0.2) is 9.67 Å². The quantitative estimate of drug-likeness (QED) is 0.484. The molecule has 2 aromatic carbocycles. The highest BCUT2D eigenvalue weighted by molar-refractivity contribution is 5.55. The summed E-state index contributed by atoms with van der Waals surface area (Å²) in [4.78, 5) is 4.22. The zero-order valence-corrected chi connectivity index (χ0v) is 13.8. The van der Waals surface area contributed by atoms with E-state index in [1.165, 1.54) is 35.3 Å². The Morgan fingerprint density at radius 1 is 1.04 bits per heavy atom. The van der Waals surface area contributed by atoms with Crippen molar-refractivity contribution in [2.45, 2.75) is 12.8 Å². The minimum Gasteiger partial charge on any atom is -0.427 e. The highest BCUT2D eigenvalue weighted by Gasteiger charge is 2.30. The van der Waals surface area contributed by atoms with Gasteiger partial charge in [0.25, 0.3) is 6.26 Å². The molecule has 0 saturated carbocycles. The highest BCUT2D eigenvalue weighted by Crippen LogP contribution is 2.24. The highest BCUT2D eigenvalue weighted by atomic mass is 19.4. The van der Waals surface area contributed by atoms with Gasteiger partial charge in [0.05, 0.1) is 5.69 Å². The van der Waals surface area contributed by atoms with Gasteiger partial charge in [-0.1, -0.05) is 24.3 Å². The van der Waals surface area contributed by atoms with E-state index in [-0.39, 0.29) is 5.75 Å². The summed E-state index contributed by atoms with van der Waals surface area (Å²) in [5.74, 6) is 0.174. The molecule has 0 aliphatic heterocycles. The van der Waals surface area contributed by atoms with E-state index in [4.69, 9.17) is 5.26 Å². The van der Waals surface area contributed by atoms with Crippen LogP contribution in [0.25, 0.3) is 17.1 Å². The van der Waals surface area contributed by atoms with Gasteiger partial charge in [-0.2, -0.15) is 5.26 Å². The number of nitriles is 1. The van der Waals surface area contributed by atoms with Crippen LogP contribution in [-0.2, 0) is 11.2 Å². The summed E-state index contributed by atoms with van der Waals surface area (Å²) in [7, 11) is 0. The van der Waals surface area contributed by atoms with Gasteiger partial charge in [0.1, 0.15) is 18.7 Å². The van der Waals surface area contributed by atoms with Gasteiger partial charge >= 0.3 is 6.36 Å². The minimum atomic E-state index is -4.73. The summed E-state index contributed by atoms with van der Waals surface area (Å²) < 4.78 is 46.5. The Hall–Kier alpha value is -3.54. The maximum absolute atomic E-state index is 12.2. The first-order valence-electron chi connectivity index (χ1n) is 7.83. The molecule has 0 bridgehead atoms. The maximum atomic E-state index is 12.2. The third-order valence-electron chi connectivity index (χ3n) is 3.60. The number of hydrogen-bond donors (Lipinski definition) is 0. The molecule has 0 aliphatic carbocycles. The molecule has 0 aliphatic rings. The van der Waals surface area contributed by atoms with E-state index in [9.17, 15) is 13.2 Å². The summed E-state index contributed by atoms with van der Waals surface area (Å²) in [6.45, 7) is 0.316. The lowest BCUT2D eigenvalue weighted by Gasteiger charge is -2.09. The number of nitrogens with zero attached hydrogens (tertiary/aromatic N) is 4. The standard InChI is InChI=1S/C18H13F3N4O2/c19-18(20,21)27-16-7-5-15(6-8-16)25-12-23-17(24-25)14-3-1-13(2-4-14)9-10-26-11-22/h1-8,12H,9-10H2. The SMILES string of the molecule is N#COCCc1ccc(-c2ncn(-c3ccc(OC(F)(F)F)cc3)n2)cc1. The van der Waals surface area contributed by atoms with Crippen LogP contribution < -0.4 is 4.74 Å². The summed E-state index contributed by atoms with van der Waals surface area (Å²) in [5.41, 5.74) is 2.35. The van der Waals surface area contributed by atoms with E-state index in [1.807, 2.05) is 24.3 Å². The van der Waals surface area contributed by atoms with Gasteiger partial charge < -0.3 is 9.47 Å². The van der Waals surface area contributed by atoms with E-state index in [2.05, 4.69) is 19.6 Å². The topological polar surface area (TPSA) is 73.0 Å². The second kappa shape index (κ2) is 7.78. The lowest BCUT2D eigenvalue weighted by Crippen LogP contribution is -2.17. The Labute approximate surface area is 152 Å². The fourth-order valence-electron chi connectivity index (χ4n) is 2.36. The monoisotopic (exact) mass is 374 g/mol. The summed E-state index contributed by atoms with van der Waals surface area (Å²) in [5, 5.41) is 12.7. The number of hydrogen-bond acceptors (Lipinski definition) is 5. The number of ether oxygens (including phenoxy) is 2. The molecule has 0 saturated heterocycles. The molecule has 27 heavy (non-hydrogen) atoms. The van der Waals surface area contributed by atoms with Gasteiger partial charge in [-0.15, -0.1) is 18.3 Å². The van der Waals surface area contributed by atoms with E-state index < -0.39 is 6.36 Å². The normalized spacial score (nSPS) is 11.0. The molecule has 1 aromatic heterocycles. The minimum absolute atomic E-state index is 0.303. The lowest BCUT2D eigenvalue weighted by molar-refractivity contribution is -0.274. The van der Waals surface area contributed by atoms with Crippen LogP contribution in [0, 0.1) is 11.5 Å². The van der Waals surface area contributed by atoms with Gasteiger partial charge in [0.2, 0.25) is 0 Å². The zero-order chi connectivity index (χ0) is 19.3. The van der Waals surface area contributed by atoms with Crippen LogP contribution in [0.5, 0.6) is 5.75 Å². The Balaban J connectivity index is 1.70. The van der Waals surface area contributed by atoms with Crippen LogP contribution in [0.4, 0.5) is 13.2 Å². The van der Waals surface area contributed by atoms with Gasteiger partial charge in [-0.05, 0) is 29.8 Å². The third-order valence-corrected chi connectivity index (χ3v) is 3.60. The largest absolute Gasteiger partial charge is 0.573 e. The average Bonchev–Trinajstić information content (AvgIpc) is 3.12. The smallest absolute Gasteiger partial charge is 0.427 e. The molecule has 9 heteroatoms. The van der Waals surface area contributed by atoms with Crippen LogP contribution in [0.1, 0.15) is 5.56 Å². The summed E-state index contributed by atoms with van der Waals surface area (Å²) in [6, 6.07) is 12.8. The van der Waals surface area contributed by atoms with Crippen molar-refractivity contribution in [3.05, 3.63) is 60.4 Å². The van der Waals surface area contributed by atoms with Crippen molar-refractivity contribution in [2.75, 3.05) is 6.61 Å². The second-order valence-corrected chi connectivity index (χ2v) is 5.44. The molecule has 1 heterocycles. The summed E-state index contributed by atoms with van der Waals surface area (Å²) in [6.07, 6.45) is -1.02. The van der Waals surface area contributed by atoms with Crippen LogP contribution in [0.15, 0.2) is 54.9 Å².